The van der Waals surface area contributed by atoms with Crippen LogP contribution in [0.3, 0.4) is 0 Å². The molecule has 1 saturated heterocycles. The van der Waals surface area contributed by atoms with Crippen LogP contribution in [-0.2, 0) is 9.53 Å². The molecular formula is C13H24N2O3. The van der Waals surface area contributed by atoms with E-state index in [2.05, 4.69) is 12.2 Å². The Hall–Kier alpha value is -1.26. The third-order valence-electron chi connectivity index (χ3n) is 3.20. The first-order chi connectivity index (χ1) is 8.67. The van der Waals surface area contributed by atoms with E-state index in [4.69, 9.17) is 4.74 Å². The number of hydrogen-bond acceptors (Lipinski definition) is 3. The number of piperidine rings is 1. The van der Waals surface area contributed by atoms with Crippen molar-refractivity contribution >= 4 is 12.0 Å². The van der Waals surface area contributed by atoms with Crippen LogP contribution in [-0.4, -0.2) is 42.6 Å². The zero-order chi connectivity index (χ0) is 13.4. The van der Waals surface area contributed by atoms with E-state index in [0.717, 1.165) is 38.8 Å². The van der Waals surface area contributed by atoms with Gasteiger partial charge in [-0.15, -0.1) is 0 Å². The van der Waals surface area contributed by atoms with Crippen molar-refractivity contribution in [1.82, 2.24) is 10.2 Å². The fraction of sp³-hybridized carbons (Fsp3) is 0.846. The highest BCUT2D eigenvalue weighted by atomic mass is 16.5. The molecular weight excluding hydrogens is 232 g/mol. The van der Waals surface area contributed by atoms with Crippen molar-refractivity contribution in [2.75, 3.05) is 19.7 Å². The normalized spacial score (nSPS) is 16.4. The van der Waals surface area contributed by atoms with Crippen LogP contribution in [0, 0.1) is 0 Å². The molecule has 0 bridgehead atoms. The minimum absolute atomic E-state index is 0.139. The first-order valence-electron chi connectivity index (χ1n) is 6.88. The Bertz CT molecular complexity index is 273. The number of hydrogen-bond donors (Lipinski definition) is 1. The van der Waals surface area contributed by atoms with Gasteiger partial charge >= 0.3 is 6.09 Å². The van der Waals surface area contributed by atoms with Crippen LogP contribution in [0.4, 0.5) is 4.79 Å². The van der Waals surface area contributed by atoms with Crippen molar-refractivity contribution < 1.29 is 14.3 Å². The Morgan fingerprint density at radius 3 is 2.50 bits per heavy atom. The highest BCUT2D eigenvalue weighted by Crippen LogP contribution is 2.11. The van der Waals surface area contributed by atoms with Gasteiger partial charge in [-0.05, 0) is 19.3 Å². The number of ether oxygens (including phenoxy) is 1. The molecule has 18 heavy (non-hydrogen) atoms. The van der Waals surface area contributed by atoms with Gasteiger partial charge in [0.1, 0.15) is 0 Å². The second-order valence-electron chi connectivity index (χ2n) is 4.64. The van der Waals surface area contributed by atoms with Crippen LogP contribution >= 0.6 is 0 Å². The van der Waals surface area contributed by atoms with Gasteiger partial charge in [0.05, 0.1) is 6.61 Å². The average molecular weight is 256 g/mol. The number of likely N-dealkylation sites (tertiary alicyclic amines) is 1. The van der Waals surface area contributed by atoms with Crippen LogP contribution in [0.5, 0.6) is 0 Å². The zero-order valence-corrected chi connectivity index (χ0v) is 11.4. The molecule has 0 saturated carbocycles. The predicted molar refractivity (Wildman–Crippen MR) is 69.3 cm³/mol. The molecule has 0 radical (unpaired) electrons. The minimum atomic E-state index is -0.330. The van der Waals surface area contributed by atoms with Gasteiger partial charge in [-0.3, -0.25) is 4.79 Å². The summed E-state index contributed by atoms with van der Waals surface area (Å²) in [6.07, 6.45) is 3.77. The Morgan fingerprint density at radius 1 is 1.28 bits per heavy atom. The molecule has 0 atom stereocenters. The third kappa shape index (κ3) is 4.94. The fourth-order valence-electron chi connectivity index (χ4n) is 2.01. The van der Waals surface area contributed by atoms with E-state index in [0.29, 0.717) is 13.0 Å². The molecule has 1 N–H and O–H groups in total. The number of unbranched alkanes of at least 4 members (excludes halogenated alkanes) is 1. The second kappa shape index (κ2) is 7.95. The largest absolute Gasteiger partial charge is 0.450 e. The molecule has 0 aliphatic carbocycles. The number of carbonyl (C=O) groups is 2. The van der Waals surface area contributed by atoms with E-state index in [9.17, 15) is 9.59 Å². The Kier molecular flexibility index (Phi) is 6.54. The lowest BCUT2D eigenvalue weighted by molar-refractivity contribution is -0.131. The summed E-state index contributed by atoms with van der Waals surface area (Å²) in [4.78, 5) is 24.8. The van der Waals surface area contributed by atoms with Gasteiger partial charge in [0.2, 0.25) is 5.91 Å². The lowest BCUT2D eigenvalue weighted by atomic mass is 10.1. The van der Waals surface area contributed by atoms with Crippen molar-refractivity contribution in [2.24, 2.45) is 0 Å². The molecule has 1 rings (SSSR count). The van der Waals surface area contributed by atoms with E-state index in [1.807, 2.05) is 11.8 Å². The minimum Gasteiger partial charge on any atom is -0.450 e. The average Bonchev–Trinajstić information content (AvgIpc) is 2.39. The standard InChI is InChI=1S/C13H24N2O3/c1-3-5-10-18-13(17)14-11-6-8-15(9-7-11)12(16)4-2/h11H,3-10H2,1-2H3,(H,14,17). The van der Waals surface area contributed by atoms with E-state index in [1.165, 1.54) is 0 Å². The number of nitrogens with zero attached hydrogens (tertiary/aromatic N) is 1. The van der Waals surface area contributed by atoms with Crippen molar-refractivity contribution in [3.05, 3.63) is 0 Å². The van der Waals surface area contributed by atoms with Crippen molar-refractivity contribution in [2.45, 2.75) is 52.0 Å². The van der Waals surface area contributed by atoms with E-state index >= 15 is 0 Å². The molecule has 1 aliphatic rings. The van der Waals surface area contributed by atoms with Crippen molar-refractivity contribution in [3.63, 3.8) is 0 Å². The fourth-order valence-corrected chi connectivity index (χ4v) is 2.01. The van der Waals surface area contributed by atoms with E-state index < -0.39 is 0 Å². The molecule has 1 aliphatic heterocycles. The maximum atomic E-state index is 11.5. The van der Waals surface area contributed by atoms with Crippen LogP contribution in [0.15, 0.2) is 0 Å². The molecule has 0 spiro atoms. The second-order valence-corrected chi connectivity index (χ2v) is 4.64. The lowest BCUT2D eigenvalue weighted by Gasteiger charge is -2.32. The summed E-state index contributed by atoms with van der Waals surface area (Å²) in [7, 11) is 0. The monoisotopic (exact) mass is 256 g/mol. The van der Waals surface area contributed by atoms with E-state index in [-0.39, 0.29) is 18.0 Å². The molecule has 5 heteroatoms. The van der Waals surface area contributed by atoms with Gasteiger partial charge in [0.25, 0.3) is 0 Å². The Balaban J connectivity index is 2.18. The van der Waals surface area contributed by atoms with Crippen molar-refractivity contribution in [1.29, 1.82) is 0 Å². The van der Waals surface area contributed by atoms with Crippen LogP contribution in [0.2, 0.25) is 0 Å². The molecule has 2 amide bonds. The van der Waals surface area contributed by atoms with Gasteiger partial charge in [0, 0.05) is 25.6 Å². The number of nitrogens with one attached hydrogen (secondary N) is 1. The Morgan fingerprint density at radius 2 is 1.94 bits per heavy atom. The SMILES string of the molecule is CCCCOC(=O)NC1CCN(C(=O)CC)CC1. The van der Waals surface area contributed by atoms with Crippen LogP contribution in [0.1, 0.15) is 46.0 Å². The molecule has 0 aromatic heterocycles. The van der Waals surface area contributed by atoms with Crippen LogP contribution < -0.4 is 5.32 Å². The number of carbonyl (C=O) groups excluding carboxylic acids is 2. The highest BCUT2D eigenvalue weighted by molar-refractivity contribution is 5.76. The number of alkyl carbamates (subject to hydrolysis) is 1. The van der Waals surface area contributed by atoms with Gasteiger partial charge in [-0.2, -0.15) is 0 Å². The quantitative estimate of drug-likeness (QED) is 0.764. The summed E-state index contributed by atoms with van der Waals surface area (Å²) in [6, 6.07) is 0.139. The van der Waals surface area contributed by atoms with Crippen molar-refractivity contribution in [3.8, 4) is 0 Å². The summed E-state index contributed by atoms with van der Waals surface area (Å²) in [5.74, 6) is 0.193. The molecule has 0 aromatic carbocycles. The smallest absolute Gasteiger partial charge is 0.407 e. The first kappa shape index (κ1) is 14.8. The van der Waals surface area contributed by atoms with Gasteiger partial charge < -0.3 is 15.0 Å². The van der Waals surface area contributed by atoms with E-state index in [1.54, 1.807) is 0 Å². The number of amides is 2. The summed E-state index contributed by atoms with van der Waals surface area (Å²) in [5.41, 5.74) is 0. The predicted octanol–water partition coefficient (Wildman–Crippen LogP) is 1.91. The molecule has 1 fully saturated rings. The summed E-state index contributed by atoms with van der Waals surface area (Å²) < 4.78 is 5.05. The summed E-state index contributed by atoms with van der Waals surface area (Å²) in [5, 5.41) is 2.86. The summed E-state index contributed by atoms with van der Waals surface area (Å²) in [6.45, 7) is 5.87. The lowest BCUT2D eigenvalue weighted by Crippen LogP contribution is -2.46. The van der Waals surface area contributed by atoms with Crippen LogP contribution in [0.25, 0.3) is 0 Å². The maximum Gasteiger partial charge on any atom is 0.407 e. The Labute approximate surface area is 109 Å². The number of rotatable bonds is 5. The topological polar surface area (TPSA) is 58.6 Å². The third-order valence-corrected chi connectivity index (χ3v) is 3.20. The first-order valence-corrected chi connectivity index (χ1v) is 6.88. The van der Waals surface area contributed by atoms with Gasteiger partial charge in [-0.1, -0.05) is 20.3 Å². The molecule has 0 aromatic rings. The summed E-state index contributed by atoms with van der Waals surface area (Å²) >= 11 is 0. The molecule has 104 valence electrons. The maximum absolute atomic E-state index is 11.5. The molecule has 0 unspecified atom stereocenters. The van der Waals surface area contributed by atoms with Gasteiger partial charge in [0.15, 0.2) is 0 Å². The van der Waals surface area contributed by atoms with Gasteiger partial charge in [-0.25, -0.2) is 4.79 Å². The highest BCUT2D eigenvalue weighted by Gasteiger charge is 2.23. The molecule has 5 nitrogen and oxygen atoms in total. The molecule has 1 heterocycles. The zero-order valence-electron chi connectivity index (χ0n) is 11.4.